The molecule has 0 bridgehead atoms. The summed E-state index contributed by atoms with van der Waals surface area (Å²) in [6, 6.07) is 8.26. The number of nitrogens with one attached hydrogen (secondary N) is 1. The molecular formula is C16H22N2O. The fraction of sp³-hybridized carbons (Fsp3) is 0.562. The predicted octanol–water partition coefficient (Wildman–Crippen LogP) is 3.80. The third-order valence-electron chi connectivity index (χ3n) is 4.30. The minimum Gasteiger partial charge on any atom is -0.497 e. The Bertz CT molecular complexity index is 478. The number of nitrogens with zero attached hydrogens (tertiary/aromatic N) is 1. The Kier molecular flexibility index (Phi) is 4.31. The van der Waals surface area contributed by atoms with Gasteiger partial charge in [-0.2, -0.15) is 5.26 Å². The fourth-order valence-electron chi connectivity index (χ4n) is 2.77. The lowest BCUT2D eigenvalue weighted by Crippen LogP contribution is -2.30. The molecule has 0 aromatic heterocycles. The molecule has 1 N–H and O–H groups in total. The quantitative estimate of drug-likeness (QED) is 0.896. The topological polar surface area (TPSA) is 45.0 Å². The van der Waals surface area contributed by atoms with Gasteiger partial charge >= 0.3 is 0 Å². The average Bonchev–Trinajstić information content (AvgIpc) is 2.43. The van der Waals surface area contributed by atoms with Crippen LogP contribution in [0.3, 0.4) is 0 Å². The Morgan fingerprint density at radius 1 is 1.26 bits per heavy atom. The lowest BCUT2D eigenvalue weighted by molar-refractivity contribution is 0.261. The van der Waals surface area contributed by atoms with Crippen molar-refractivity contribution in [2.75, 3.05) is 12.4 Å². The maximum Gasteiger partial charge on any atom is 0.121 e. The predicted molar refractivity (Wildman–Crippen MR) is 77.3 cm³/mol. The minimum atomic E-state index is 0.463. The number of hydrogen-bond acceptors (Lipinski definition) is 3. The van der Waals surface area contributed by atoms with Crippen LogP contribution in [-0.2, 0) is 0 Å². The van der Waals surface area contributed by atoms with E-state index in [0.29, 0.717) is 11.6 Å². The molecule has 1 aliphatic rings. The molecule has 102 valence electrons. The second kappa shape index (κ2) is 5.97. The van der Waals surface area contributed by atoms with Gasteiger partial charge in [-0.3, -0.25) is 0 Å². The first-order chi connectivity index (χ1) is 9.13. The summed E-state index contributed by atoms with van der Waals surface area (Å²) in [5.74, 6) is 2.33. The number of nitriles is 1. The zero-order valence-electron chi connectivity index (χ0n) is 11.9. The summed E-state index contributed by atoms with van der Waals surface area (Å²) in [4.78, 5) is 0. The first-order valence-corrected chi connectivity index (χ1v) is 6.98. The van der Waals surface area contributed by atoms with Crippen LogP contribution in [0, 0.1) is 23.2 Å². The second-order valence-corrected chi connectivity index (χ2v) is 5.63. The van der Waals surface area contributed by atoms with Crippen LogP contribution in [-0.4, -0.2) is 13.2 Å². The van der Waals surface area contributed by atoms with E-state index in [-0.39, 0.29) is 0 Å². The number of benzene rings is 1. The van der Waals surface area contributed by atoms with E-state index in [1.54, 1.807) is 7.11 Å². The largest absolute Gasteiger partial charge is 0.497 e. The summed E-state index contributed by atoms with van der Waals surface area (Å²) in [5.41, 5.74) is 1.58. The Hall–Kier alpha value is -1.69. The van der Waals surface area contributed by atoms with E-state index in [1.807, 2.05) is 18.2 Å². The Labute approximate surface area is 115 Å². The van der Waals surface area contributed by atoms with Crippen LogP contribution in [0.15, 0.2) is 18.2 Å². The third-order valence-corrected chi connectivity index (χ3v) is 4.30. The molecular weight excluding hydrogens is 236 g/mol. The molecule has 0 aliphatic heterocycles. The van der Waals surface area contributed by atoms with Gasteiger partial charge in [-0.1, -0.05) is 13.8 Å². The van der Waals surface area contributed by atoms with E-state index in [9.17, 15) is 5.26 Å². The van der Waals surface area contributed by atoms with Crippen molar-refractivity contribution in [1.29, 1.82) is 5.26 Å². The van der Waals surface area contributed by atoms with Crippen molar-refractivity contribution in [2.45, 2.75) is 39.2 Å². The van der Waals surface area contributed by atoms with Gasteiger partial charge in [0.2, 0.25) is 0 Å². The van der Waals surface area contributed by atoms with E-state index >= 15 is 0 Å². The van der Waals surface area contributed by atoms with E-state index in [1.165, 1.54) is 19.3 Å². The molecule has 3 atom stereocenters. The number of methoxy groups -OCH3 is 1. The van der Waals surface area contributed by atoms with Gasteiger partial charge < -0.3 is 10.1 Å². The SMILES string of the molecule is COc1ccc(C#N)c(NC2CCC(C)C(C)C2)c1. The first-order valence-electron chi connectivity index (χ1n) is 6.98. The van der Waals surface area contributed by atoms with E-state index in [4.69, 9.17) is 4.74 Å². The van der Waals surface area contributed by atoms with Crippen molar-refractivity contribution in [2.24, 2.45) is 11.8 Å². The number of anilines is 1. The molecule has 1 aliphatic carbocycles. The van der Waals surface area contributed by atoms with Crippen LogP contribution in [0.2, 0.25) is 0 Å². The van der Waals surface area contributed by atoms with Crippen LogP contribution < -0.4 is 10.1 Å². The van der Waals surface area contributed by atoms with Crippen molar-refractivity contribution in [3.63, 3.8) is 0 Å². The maximum atomic E-state index is 9.17. The van der Waals surface area contributed by atoms with Crippen molar-refractivity contribution < 1.29 is 4.74 Å². The molecule has 3 unspecified atom stereocenters. The van der Waals surface area contributed by atoms with Crippen molar-refractivity contribution in [1.82, 2.24) is 0 Å². The molecule has 19 heavy (non-hydrogen) atoms. The van der Waals surface area contributed by atoms with Gasteiger partial charge in [0.15, 0.2) is 0 Å². The van der Waals surface area contributed by atoms with E-state index in [0.717, 1.165) is 23.3 Å². The summed E-state index contributed by atoms with van der Waals surface area (Å²) in [6.07, 6.45) is 3.60. The average molecular weight is 258 g/mol. The highest BCUT2D eigenvalue weighted by atomic mass is 16.5. The van der Waals surface area contributed by atoms with Crippen LogP contribution in [0.5, 0.6) is 5.75 Å². The zero-order valence-corrected chi connectivity index (χ0v) is 11.9. The van der Waals surface area contributed by atoms with Crippen LogP contribution in [0.1, 0.15) is 38.7 Å². The summed E-state index contributed by atoms with van der Waals surface area (Å²) >= 11 is 0. The van der Waals surface area contributed by atoms with Gasteiger partial charge in [0.05, 0.1) is 18.4 Å². The summed E-state index contributed by atoms with van der Waals surface area (Å²) in [6.45, 7) is 4.64. The van der Waals surface area contributed by atoms with E-state index < -0.39 is 0 Å². The molecule has 1 fully saturated rings. The normalized spacial score (nSPS) is 26.5. The molecule has 0 heterocycles. The van der Waals surface area contributed by atoms with Gasteiger partial charge in [0, 0.05) is 12.1 Å². The molecule has 1 aromatic carbocycles. The lowest BCUT2D eigenvalue weighted by Gasteiger charge is -2.33. The van der Waals surface area contributed by atoms with Gasteiger partial charge in [0.25, 0.3) is 0 Å². The Morgan fingerprint density at radius 3 is 2.68 bits per heavy atom. The third kappa shape index (κ3) is 3.20. The van der Waals surface area contributed by atoms with Crippen molar-refractivity contribution >= 4 is 5.69 Å². The van der Waals surface area contributed by atoms with Crippen LogP contribution in [0.4, 0.5) is 5.69 Å². The molecule has 0 radical (unpaired) electrons. The second-order valence-electron chi connectivity index (χ2n) is 5.63. The summed E-state index contributed by atoms with van der Waals surface area (Å²) < 4.78 is 5.23. The number of ether oxygens (including phenoxy) is 1. The van der Waals surface area contributed by atoms with Gasteiger partial charge in [0.1, 0.15) is 11.8 Å². The molecule has 3 nitrogen and oxygen atoms in total. The standard InChI is InChI=1S/C16H22N2O/c1-11-4-6-14(8-12(11)2)18-16-9-15(19-3)7-5-13(16)10-17/h5,7,9,11-12,14,18H,4,6,8H2,1-3H3. The smallest absolute Gasteiger partial charge is 0.121 e. The molecule has 2 rings (SSSR count). The molecule has 0 saturated heterocycles. The maximum absolute atomic E-state index is 9.17. The van der Waals surface area contributed by atoms with Crippen LogP contribution >= 0.6 is 0 Å². The first kappa shape index (κ1) is 13.7. The minimum absolute atomic E-state index is 0.463. The summed E-state index contributed by atoms with van der Waals surface area (Å²) in [7, 11) is 1.65. The molecule has 0 spiro atoms. The van der Waals surface area contributed by atoms with Gasteiger partial charge in [-0.25, -0.2) is 0 Å². The van der Waals surface area contributed by atoms with Crippen molar-refractivity contribution in [3.8, 4) is 11.8 Å². The Morgan fingerprint density at radius 2 is 2.05 bits per heavy atom. The van der Waals surface area contributed by atoms with E-state index in [2.05, 4.69) is 25.2 Å². The fourth-order valence-corrected chi connectivity index (χ4v) is 2.77. The zero-order chi connectivity index (χ0) is 13.8. The van der Waals surface area contributed by atoms with Gasteiger partial charge in [-0.15, -0.1) is 0 Å². The molecule has 3 heteroatoms. The molecule has 0 amide bonds. The van der Waals surface area contributed by atoms with Gasteiger partial charge in [-0.05, 0) is 43.2 Å². The highest BCUT2D eigenvalue weighted by molar-refractivity contribution is 5.60. The number of hydrogen-bond donors (Lipinski definition) is 1. The Balaban J connectivity index is 2.12. The lowest BCUT2D eigenvalue weighted by atomic mass is 9.79. The highest BCUT2D eigenvalue weighted by Crippen LogP contribution is 2.32. The summed E-state index contributed by atoms with van der Waals surface area (Å²) in [5, 5.41) is 12.7. The highest BCUT2D eigenvalue weighted by Gasteiger charge is 2.24. The monoisotopic (exact) mass is 258 g/mol. The number of rotatable bonds is 3. The molecule has 1 saturated carbocycles. The molecule has 1 aromatic rings. The van der Waals surface area contributed by atoms with Crippen molar-refractivity contribution in [3.05, 3.63) is 23.8 Å². The van der Waals surface area contributed by atoms with Crippen LogP contribution in [0.25, 0.3) is 0 Å².